The summed E-state index contributed by atoms with van der Waals surface area (Å²) in [6, 6.07) is 14.9. The molecule has 0 saturated carbocycles. The zero-order valence-electron chi connectivity index (χ0n) is 8.97. The van der Waals surface area contributed by atoms with Crippen LogP contribution in [0.1, 0.15) is 15.9 Å². The number of hydrogen-bond donors (Lipinski definition) is 1. The summed E-state index contributed by atoms with van der Waals surface area (Å²) in [6.07, 6.45) is 0. The van der Waals surface area contributed by atoms with Crippen molar-refractivity contribution in [3.05, 3.63) is 59.7 Å². The van der Waals surface area contributed by atoms with Crippen molar-refractivity contribution in [2.24, 2.45) is 0 Å². The maximum absolute atomic E-state index is 11.1. The van der Waals surface area contributed by atoms with Gasteiger partial charge < -0.3 is 5.11 Å². The van der Waals surface area contributed by atoms with Crippen molar-refractivity contribution >= 4 is 5.97 Å². The molecule has 2 aromatic rings. The van der Waals surface area contributed by atoms with E-state index in [1.54, 1.807) is 12.1 Å². The highest BCUT2D eigenvalue weighted by atomic mass is 16.4. The molecule has 0 aliphatic rings. The van der Waals surface area contributed by atoms with Crippen LogP contribution in [0.3, 0.4) is 0 Å². The molecule has 80 valence electrons. The minimum Gasteiger partial charge on any atom is -0.478 e. The van der Waals surface area contributed by atoms with Crippen LogP contribution in [0.25, 0.3) is 11.1 Å². The molecule has 2 nitrogen and oxygen atoms in total. The first-order valence-corrected chi connectivity index (χ1v) is 5.08. The molecule has 0 amide bonds. The standard InChI is InChI=1S/C14H12O2/c1-10-6-2-3-7-11(10)12-8-4-5-9-13(12)14(15)16/h2-9H,1H3,(H,15,16). The smallest absolute Gasteiger partial charge is 0.336 e. The minimum absolute atomic E-state index is 0.344. The average Bonchev–Trinajstić information content (AvgIpc) is 2.29. The van der Waals surface area contributed by atoms with Crippen molar-refractivity contribution in [2.75, 3.05) is 0 Å². The molecule has 0 atom stereocenters. The van der Waals surface area contributed by atoms with Gasteiger partial charge in [-0.3, -0.25) is 0 Å². The Morgan fingerprint density at radius 2 is 1.50 bits per heavy atom. The summed E-state index contributed by atoms with van der Waals surface area (Å²) >= 11 is 0. The van der Waals surface area contributed by atoms with Crippen LogP contribution in [-0.4, -0.2) is 11.1 Å². The van der Waals surface area contributed by atoms with Gasteiger partial charge in [0.25, 0.3) is 0 Å². The molecule has 0 aromatic heterocycles. The predicted octanol–water partition coefficient (Wildman–Crippen LogP) is 3.36. The number of benzene rings is 2. The molecule has 0 unspecified atom stereocenters. The van der Waals surface area contributed by atoms with E-state index in [0.717, 1.165) is 16.7 Å². The molecule has 2 heteroatoms. The lowest BCUT2D eigenvalue weighted by atomic mass is 9.96. The van der Waals surface area contributed by atoms with Gasteiger partial charge >= 0.3 is 5.97 Å². The Balaban J connectivity index is 2.65. The van der Waals surface area contributed by atoms with E-state index in [9.17, 15) is 4.79 Å². The molecule has 0 fully saturated rings. The van der Waals surface area contributed by atoms with Gasteiger partial charge in [0, 0.05) is 0 Å². The van der Waals surface area contributed by atoms with Gasteiger partial charge in [0.2, 0.25) is 0 Å². The fraction of sp³-hybridized carbons (Fsp3) is 0.0714. The third-order valence-corrected chi connectivity index (χ3v) is 2.59. The van der Waals surface area contributed by atoms with Crippen molar-refractivity contribution in [3.8, 4) is 11.1 Å². The number of aromatic carboxylic acids is 1. The predicted molar refractivity (Wildman–Crippen MR) is 63.6 cm³/mol. The zero-order chi connectivity index (χ0) is 11.5. The van der Waals surface area contributed by atoms with Gasteiger partial charge in [0.05, 0.1) is 5.56 Å². The number of hydrogen-bond acceptors (Lipinski definition) is 1. The van der Waals surface area contributed by atoms with Gasteiger partial charge in [0.15, 0.2) is 0 Å². The Labute approximate surface area is 94.2 Å². The summed E-state index contributed by atoms with van der Waals surface area (Å²) in [5, 5.41) is 9.12. The molecule has 0 spiro atoms. The molecule has 0 bridgehead atoms. The first kappa shape index (κ1) is 10.4. The zero-order valence-corrected chi connectivity index (χ0v) is 8.97. The van der Waals surface area contributed by atoms with Crippen LogP contribution in [0, 0.1) is 6.92 Å². The van der Waals surface area contributed by atoms with E-state index < -0.39 is 5.97 Å². The number of carbonyl (C=O) groups is 1. The van der Waals surface area contributed by atoms with E-state index in [1.165, 1.54) is 0 Å². The molecule has 2 rings (SSSR count). The summed E-state index contributed by atoms with van der Waals surface area (Å²) in [7, 11) is 0. The summed E-state index contributed by atoms with van der Waals surface area (Å²) in [6.45, 7) is 1.98. The Hall–Kier alpha value is -2.09. The van der Waals surface area contributed by atoms with Crippen LogP contribution in [-0.2, 0) is 0 Å². The van der Waals surface area contributed by atoms with Gasteiger partial charge in [-0.15, -0.1) is 0 Å². The molecule has 0 heterocycles. The quantitative estimate of drug-likeness (QED) is 0.828. The van der Waals surface area contributed by atoms with Gasteiger partial charge in [-0.05, 0) is 29.7 Å². The van der Waals surface area contributed by atoms with Crippen LogP contribution in [0.4, 0.5) is 0 Å². The van der Waals surface area contributed by atoms with Crippen LogP contribution in [0.5, 0.6) is 0 Å². The number of carboxylic acids is 1. The fourth-order valence-corrected chi connectivity index (χ4v) is 1.78. The second-order valence-electron chi connectivity index (χ2n) is 3.67. The Bertz CT molecular complexity index is 530. The fourth-order valence-electron chi connectivity index (χ4n) is 1.78. The van der Waals surface area contributed by atoms with Gasteiger partial charge in [-0.2, -0.15) is 0 Å². The molecule has 1 N–H and O–H groups in total. The lowest BCUT2D eigenvalue weighted by Crippen LogP contribution is -1.99. The number of rotatable bonds is 2. The second-order valence-corrected chi connectivity index (χ2v) is 3.67. The van der Waals surface area contributed by atoms with Crippen LogP contribution < -0.4 is 0 Å². The number of aryl methyl sites for hydroxylation is 1. The van der Waals surface area contributed by atoms with Crippen LogP contribution >= 0.6 is 0 Å². The minimum atomic E-state index is -0.890. The first-order valence-electron chi connectivity index (χ1n) is 5.08. The lowest BCUT2D eigenvalue weighted by Gasteiger charge is -2.08. The maximum Gasteiger partial charge on any atom is 0.336 e. The van der Waals surface area contributed by atoms with Crippen molar-refractivity contribution < 1.29 is 9.90 Å². The van der Waals surface area contributed by atoms with Gasteiger partial charge in [0.1, 0.15) is 0 Å². The largest absolute Gasteiger partial charge is 0.478 e. The normalized spacial score (nSPS) is 10.1. The molecular formula is C14H12O2. The maximum atomic E-state index is 11.1. The van der Waals surface area contributed by atoms with Crippen LogP contribution in [0.15, 0.2) is 48.5 Å². The van der Waals surface area contributed by atoms with Crippen molar-refractivity contribution in [3.63, 3.8) is 0 Å². The molecule has 16 heavy (non-hydrogen) atoms. The highest BCUT2D eigenvalue weighted by Gasteiger charge is 2.11. The third-order valence-electron chi connectivity index (χ3n) is 2.59. The lowest BCUT2D eigenvalue weighted by molar-refractivity contribution is 0.0698. The monoisotopic (exact) mass is 212 g/mol. The van der Waals surface area contributed by atoms with E-state index >= 15 is 0 Å². The Morgan fingerprint density at radius 3 is 2.12 bits per heavy atom. The topological polar surface area (TPSA) is 37.3 Å². The van der Waals surface area contributed by atoms with Gasteiger partial charge in [-0.25, -0.2) is 4.79 Å². The second kappa shape index (κ2) is 4.19. The van der Waals surface area contributed by atoms with E-state index in [-0.39, 0.29) is 0 Å². The highest BCUT2D eigenvalue weighted by molar-refractivity contribution is 5.96. The molecule has 0 saturated heterocycles. The van der Waals surface area contributed by atoms with Crippen molar-refractivity contribution in [1.29, 1.82) is 0 Å². The first-order chi connectivity index (χ1) is 7.70. The SMILES string of the molecule is Cc1ccccc1-c1ccccc1C(=O)O. The highest BCUT2D eigenvalue weighted by Crippen LogP contribution is 2.26. The number of carboxylic acid groups (broad SMARTS) is 1. The van der Waals surface area contributed by atoms with Crippen molar-refractivity contribution in [2.45, 2.75) is 6.92 Å². The Morgan fingerprint density at radius 1 is 0.938 bits per heavy atom. The summed E-state index contributed by atoms with van der Waals surface area (Å²) in [4.78, 5) is 11.1. The van der Waals surface area contributed by atoms with E-state index in [1.807, 2.05) is 43.3 Å². The molecule has 0 aliphatic heterocycles. The summed E-state index contributed by atoms with van der Waals surface area (Å²) in [5.74, 6) is -0.890. The molecule has 2 aromatic carbocycles. The van der Waals surface area contributed by atoms with Crippen LogP contribution in [0.2, 0.25) is 0 Å². The Kier molecular flexibility index (Phi) is 2.73. The summed E-state index contributed by atoms with van der Waals surface area (Å²) < 4.78 is 0. The van der Waals surface area contributed by atoms with Crippen molar-refractivity contribution in [1.82, 2.24) is 0 Å². The van der Waals surface area contributed by atoms with E-state index in [0.29, 0.717) is 5.56 Å². The average molecular weight is 212 g/mol. The van der Waals surface area contributed by atoms with E-state index in [2.05, 4.69) is 0 Å². The molecule has 0 radical (unpaired) electrons. The summed E-state index contributed by atoms with van der Waals surface area (Å²) in [5.41, 5.74) is 3.17. The van der Waals surface area contributed by atoms with Gasteiger partial charge in [-0.1, -0.05) is 42.5 Å². The molecular weight excluding hydrogens is 200 g/mol. The third kappa shape index (κ3) is 1.82. The van der Waals surface area contributed by atoms with E-state index in [4.69, 9.17) is 5.11 Å². The molecule has 0 aliphatic carbocycles.